The first-order valence-electron chi connectivity index (χ1n) is 13.1. The molecule has 2 saturated heterocycles. The summed E-state index contributed by atoms with van der Waals surface area (Å²) in [5.41, 5.74) is 1.69. The summed E-state index contributed by atoms with van der Waals surface area (Å²) in [4.78, 5) is 55.6. The van der Waals surface area contributed by atoms with Crippen molar-refractivity contribution in [3.8, 4) is 0 Å². The summed E-state index contributed by atoms with van der Waals surface area (Å²) in [6.07, 6.45) is -3.11. The molecule has 12 heteroatoms. The van der Waals surface area contributed by atoms with E-state index in [9.17, 15) is 32.3 Å². The minimum atomic E-state index is -4.30. The molecule has 1 atom stereocenters. The Morgan fingerprint density at radius 3 is 2.40 bits per heavy atom. The van der Waals surface area contributed by atoms with Gasteiger partial charge in [0.25, 0.3) is 5.91 Å². The van der Waals surface area contributed by atoms with E-state index in [-0.39, 0.29) is 44.3 Å². The molecule has 2 N–H and O–H groups in total. The lowest BCUT2D eigenvalue weighted by molar-refractivity contribution is -0.150. The number of amides is 5. The molecule has 0 aromatic heterocycles. The first-order valence-corrected chi connectivity index (χ1v) is 13.1. The quantitative estimate of drug-likeness (QED) is 0.565. The zero-order valence-corrected chi connectivity index (χ0v) is 21.8. The van der Waals surface area contributed by atoms with Gasteiger partial charge in [0.2, 0.25) is 11.8 Å². The molecule has 2 spiro atoms. The number of hydrogen-bond donors (Lipinski definition) is 2. The highest BCUT2D eigenvalue weighted by Gasteiger charge is 2.55. The number of piperidine rings is 1. The first-order chi connectivity index (χ1) is 18.9. The smallest absolute Gasteiger partial charge is 0.325 e. The van der Waals surface area contributed by atoms with Crippen molar-refractivity contribution in [1.29, 1.82) is 0 Å². The van der Waals surface area contributed by atoms with Gasteiger partial charge >= 0.3 is 12.2 Å². The van der Waals surface area contributed by atoms with E-state index in [0.29, 0.717) is 24.2 Å². The van der Waals surface area contributed by atoms with Crippen LogP contribution in [-0.2, 0) is 32.6 Å². The number of nitrogens with zero attached hydrogens (tertiary/aromatic N) is 3. The van der Waals surface area contributed by atoms with Crippen LogP contribution in [0.25, 0.3) is 0 Å². The number of alkyl halides is 3. The second-order valence-corrected chi connectivity index (χ2v) is 11.1. The molecule has 1 aliphatic carbocycles. The van der Waals surface area contributed by atoms with Crippen LogP contribution in [-0.4, -0.2) is 78.5 Å². The molecule has 1 unspecified atom stereocenters. The number of rotatable bonds is 4. The number of likely N-dealkylation sites (tertiary alicyclic amines) is 1. The fourth-order valence-electron chi connectivity index (χ4n) is 6.70. The van der Waals surface area contributed by atoms with Gasteiger partial charge < -0.3 is 15.1 Å². The van der Waals surface area contributed by atoms with E-state index >= 15 is 0 Å². The second kappa shape index (κ2) is 9.05. The standard InChI is InChI=1S/C28H28F3N5O4/c1-34-25(40)33-23(38)27(34)13-17-6-7-19(12-18(17)14-27)32-22(37)15-36-21-5-3-2-4-20(21)26(24(36)39)8-10-35(11-9-26)16-28(29,30)31/h2-7,12H,8-11,13-16H2,1H3,(H,32,37)(H,33,38,40). The number of anilines is 2. The summed E-state index contributed by atoms with van der Waals surface area (Å²) < 4.78 is 38.7. The minimum absolute atomic E-state index is 0.134. The van der Waals surface area contributed by atoms with Crippen LogP contribution in [0.1, 0.15) is 29.5 Å². The number of nitrogens with one attached hydrogen (secondary N) is 2. The Morgan fingerprint density at radius 1 is 1.02 bits per heavy atom. The van der Waals surface area contributed by atoms with Crippen LogP contribution in [0.5, 0.6) is 0 Å². The molecule has 0 radical (unpaired) electrons. The Morgan fingerprint density at radius 2 is 1.73 bits per heavy atom. The molecule has 2 aromatic rings. The van der Waals surface area contributed by atoms with E-state index in [0.717, 1.165) is 16.7 Å². The lowest BCUT2D eigenvalue weighted by Crippen LogP contribution is -2.51. The minimum Gasteiger partial charge on any atom is -0.325 e. The second-order valence-electron chi connectivity index (χ2n) is 11.1. The maximum absolute atomic E-state index is 13.7. The predicted molar refractivity (Wildman–Crippen MR) is 139 cm³/mol. The highest BCUT2D eigenvalue weighted by molar-refractivity contribution is 6.12. The molecular weight excluding hydrogens is 527 g/mol. The number of hydrogen-bond acceptors (Lipinski definition) is 5. The topological polar surface area (TPSA) is 102 Å². The Kier molecular flexibility index (Phi) is 5.95. The van der Waals surface area contributed by atoms with Crippen molar-refractivity contribution in [3.63, 3.8) is 0 Å². The largest absolute Gasteiger partial charge is 0.401 e. The van der Waals surface area contributed by atoms with Crippen molar-refractivity contribution >= 4 is 35.1 Å². The molecular formula is C28H28F3N5O4. The van der Waals surface area contributed by atoms with Crippen molar-refractivity contribution in [2.45, 2.75) is 42.8 Å². The third-order valence-electron chi connectivity index (χ3n) is 8.82. The maximum Gasteiger partial charge on any atom is 0.401 e. The Bertz CT molecular complexity index is 1440. The summed E-state index contributed by atoms with van der Waals surface area (Å²) in [6.45, 7) is -0.987. The van der Waals surface area contributed by atoms with Gasteiger partial charge in [-0.2, -0.15) is 13.2 Å². The van der Waals surface area contributed by atoms with E-state index < -0.39 is 35.6 Å². The molecule has 3 aliphatic heterocycles. The van der Waals surface area contributed by atoms with Gasteiger partial charge in [0.15, 0.2) is 0 Å². The summed E-state index contributed by atoms with van der Waals surface area (Å²) in [6, 6.07) is 12.0. The van der Waals surface area contributed by atoms with Crippen molar-refractivity contribution in [3.05, 3.63) is 59.2 Å². The van der Waals surface area contributed by atoms with E-state index in [1.54, 1.807) is 37.4 Å². The molecule has 4 aliphatic rings. The van der Waals surface area contributed by atoms with Crippen molar-refractivity contribution in [2.75, 3.05) is 43.4 Å². The lowest BCUT2D eigenvalue weighted by Gasteiger charge is -2.38. The first kappa shape index (κ1) is 26.3. The zero-order chi connectivity index (χ0) is 28.4. The van der Waals surface area contributed by atoms with E-state index in [1.807, 2.05) is 12.1 Å². The van der Waals surface area contributed by atoms with Crippen LogP contribution in [0, 0.1) is 0 Å². The van der Waals surface area contributed by atoms with Crippen LogP contribution in [0.4, 0.5) is 29.3 Å². The SMILES string of the molecule is CN1C(=O)NC(=O)C12Cc1ccc(NC(=O)CN3C(=O)C4(CCN(CC(F)(F)F)CC4)c4ccccc43)cc1C2. The molecule has 40 heavy (non-hydrogen) atoms. The Hall–Kier alpha value is -3.93. The maximum atomic E-state index is 13.7. The van der Waals surface area contributed by atoms with Crippen molar-refractivity contribution < 1.29 is 32.3 Å². The van der Waals surface area contributed by atoms with Gasteiger partial charge in [-0.05, 0) is 60.8 Å². The highest BCUT2D eigenvalue weighted by Crippen LogP contribution is 2.48. The van der Waals surface area contributed by atoms with Crippen LogP contribution >= 0.6 is 0 Å². The van der Waals surface area contributed by atoms with E-state index in [4.69, 9.17) is 0 Å². The van der Waals surface area contributed by atoms with E-state index in [2.05, 4.69) is 10.6 Å². The molecule has 0 bridgehead atoms. The number of carbonyl (C=O) groups is 4. The summed E-state index contributed by atoms with van der Waals surface area (Å²) in [5.74, 6) is -1.04. The van der Waals surface area contributed by atoms with Gasteiger partial charge in [0.1, 0.15) is 12.1 Å². The van der Waals surface area contributed by atoms with Gasteiger partial charge in [-0.25, -0.2) is 4.79 Å². The third kappa shape index (κ3) is 4.12. The average Bonchev–Trinajstić information content (AvgIpc) is 3.46. The molecule has 5 amide bonds. The van der Waals surface area contributed by atoms with Gasteiger partial charge in [0.05, 0.1) is 12.0 Å². The molecule has 9 nitrogen and oxygen atoms in total. The molecule has 2 aromatic carbocycles. The third-order valence-corrected chi connectivity index (χ3v) is 8.82. The predicted octanol–water partition coefficient (Wildman–Crippen LogP) is 2.59. The van der Waals surface area contributed by atoms with Gasteiger partial charge in [-0.3, -0.25) is 24.6 Å². The summed E-state index contributed by atoms with van der Waals surface area (Å²) in [5, 5.41) is 5.20. The highest BCUT2D eigenvalue weighted by atomic mass is 19.4. The summed E-state index contributed by atoms with van der Waals surface area (Å²) >= 11 is 0. The fraction of sp³-hybridized carbons (Fsp3) is 0.429. The average molecular weight is 556 g/mol. The monoisotopic (exact) mass is 555 g/mol. The molecule has 210 valence electrons. The number of halogens is 3. The van der Waals surface area contributed by atoms with E-state index in [1.165, 1.54) is 14.7 Å². The van der Waals surface area contributed by atoms with Crippen molar-refractivity contribution in [2.24, 2.45) is 0 Å². The van der Waals surface area contributed by atoms with Gasteiger partial charge in [-0.1, -0.05) is 24.3 Å². The van der Waals surface area contributed by atoms with Crippen LogP contribution < -0.4 is 15.5 Å². The number of urea groups is 1. The van der Waals surface area contributed by atoms with Crippen LogP contribution in [0.15, 0.2) is 42.5 Å². The lowest BCUT2D eigenvalue weighted by atomic mass is 9.73. The fourth-order valence-corrected chi connectivity index (χ4v) is 6.70. The Labute approximate surface area is 228 Å². The molecule has 0 saturated carbocycles. The Balaban J connectivity index is 1.16. The van der Waals surface area contributed by atoms with Crippen molar-refractivity contribution in [1.82, 2.24) is 15.1 Å². The molecule has 2 fully saturated rings. The number of likely N-dealkylation sites (N-methyl/N-ethyl adjacent to an activating group) is 1. The number of carbonyl (C=O) groups excluding carboxylic acids is 4. The number of imide groups is 1. The number of para-hydroxylation sites is 1. The molecule has 6 rings (SSSR count). The van der Waals surface area contributed by atoms with Crippen LogP contribution in [0.2, 0.25) is 0 Å². The molecule has 3 heterocycles. The van der Waals surface area contributed by atoms with Gasteiger partial charge in [0, 0.05) is 31.3 Å². The summed E-state index contributed by atoms with van der Waals surface area (Å²) in [7, 11) is 1.59. The normalized spacial score (nSPS) is 23.6. The van der Waals surface area contributed by atoms with Gasteiger partial charge in [-0.15, -0.1) is 0 Å². The number of benzene rings is 2. The van der Waals surface area contributed by atoms with Crippen LogP contribution in [0.3, 0.4) is 0 Å². The zero-order valence-electron chi connectivity index (χ0n) is 21.8. The number of fused-ring (bicyclic) bond motifs is 3.